The van der Waals surface area contributed by atoms with Crippen molar-refractivity contribution in [2.24, 2.45) is 0 Å². The van der Waals surface area contributed by atoms with Crippen LogP contribution in [0.25, 0.3) is 10.9 Å². The first kappa shape index (κ1) is 11.8. The number of hydrogen-bond acceptors (Lipinski definition) is 3. The standard InChI is InChI=1S/C12H11ClN2O2/c1-3-8-6-9-4-5-10(15(16)17)7(2)11(9)14-12(8)13/h4-6H,3H2,1-2H3. The molecular formula is C12H11ClN2O2. The predicted molar refractivity (Wildman–Crippen MR) is 67.5 cm³/mol. The molecule has 1 aromatic heterocycles. The number of nitro benzene ring substituents is 1. The van der Waals surface area contributed by atoms with Crippen molar-refractivity contribution >= 4 is 28.2 Å². The number of nitrogens with zero attached hydrogens (tertiary/aromatic N) is 2. The van der Waals surface area contributed by atoms with E-state index >= 15 is 0 Å². The van der Waals surface area contributed by atoms with Crippen LogP contribution in [-0.4, -0.2) is 9.91 Å². The molecule has 0 spiro atoms. The number of aryl methyl sites for hydroxylation is 2. The molecule has 17 heavy (non-hydrogen) atoms. The predicted octanol–water partition coefficient (Wildman–Crippen LogP) is 3.67. The van der Waals surface area contributed by atoms with Crippen molar-refractivity contribution in [3.8, 4) is 0 Å². The van der Waals surface area contributed by atoms with Crippen molar-refractivity contribution in [1.82, 2.24) is 4.98 Å². The zero-order valence-electron chi connectivity index (χ0n) is 9.53. The molecular weight excluding hydrogens is 240 g/mol. The second-order valence-electron chi connectivity index (χ2n) is 3.83. The van der Waals surface area contributed by atoms with E-state index < -0.39 is 4.92 Å². The van der Waals surface area contributed by atoms with Crippen molar-refractivity contribution in [1.29, 1.82) is 0 Å². The number of benzene rings is 1. The highest BCUT2D eigenvalue weighted by molar-refractivity contribution is 6.30. The van der Waals surface area contributed by atoms with Gasteiger partial charge in [-0.25, -0.2) is 4.98 Å². The molecule has 5 heteroatoms. The van der Waals surface area contributed by atoms with E-state index in [0.717, 1.165) is 17.4 Å². The first-order chi connectivity index (χ1) is 8.04. The van der Waals surface area contributed by atoms with Gasteiger partial charge in [0.05, 0.1) is 16.0 Å². The SMILES string of the molecule is CCc1cc2ccc([N+](=O)[O-])c(C)c2nc1Cl. The van der Waals surface area contributed by atoms with Gasteiger partial charge < -0.3 is 0 Å². The van der Waals surface area contributed by atoms with Gasteiger partial charge >= 0.3 is 0 Å². The molecule has 0 radical (unpaired) electrons. The molecule has 2 rings (SSSR count). The van der Waals surface area contributed by atoms with Gasteiger partial charge in [-0.3, -0.25) is 10.1 Å². The van der Waals surface area contributed by atoms with Gasteiger partial charge in [0.15, 0.2) is 0 Å². The molecule has 0 saturated carbocycles. The molecule has 0 aliphatic carbocycles. The molecule has 1 heterocycles. The van der Waals surface area contributed by atoms with E-state index in [-0.39, 0.29) is 5.69 Å². The Balaban J connectivity index is 2.78. The van der Waals surface area contributed by atoms with Crippen molar-refractivity contribution in [3.05, 3.63) is 44.6 Å². The van der Waals surface area contributed by atoms with E-state index in [1.165, 1.54) is 6.07 Å². The van der Waals surface area contributed by atoms with E-state index in [1.807, 2.05) is 13.0 Å². The first-order valence-corrected chi connectivity index (χ1v) is 5.65. The number of fused-ring (bicyclic) bond motifs is 1. The maximum Gasteiger partial charge on any atom is 0.274 e. The Bertz CT molecular complexity index is 611. The molecule has 0 amide bonds. The summed E-state index contributed by atoms with van der Waals surface area (Å²) >= 11 is 6.03. The maximum absolute atomic E-state index is 10.8. The van der Waals surface area contributed by atoms with Crippen molar-refractivity contribution in [3.63, 3.8) is 0 Å². The fraction of sp³-hybridized carbons (Fsp3) is 0.250. The highest BCUT2D eigenvalue weighted by Gasteiger charge is 2.15. The van der Waals surface area contributed by atoms with Crippen LogP contribution in [0.4, 0.5) is 5.69 Å². The summed E-state index contributed by atoms with van der Waals surface area (Å²) in [7, 11) is 0. The topological polar surface area (TPSA) is 56.0 Å². The Kier molecular flexibility index (Phi) is 2.98. The molecule has 1 aromatic carbocycles. The van der Waals surface area contributed by atoms with Crippen LogP contribution < -0.4 is 0 Å². The van der Waals surface area contributed by atoms with Crippen molar-refractivity contribution in [2.75, 3.05) is 0 Å². The summed E-state index contributed by atoms with van der Waals surface area (Å²) < 4.78 is 0. The van der Waals surface area contributed by atoms with Gasteiger partial charge in [0.2, 0.25) is 0 Å². The van der Waals surface area contributed by atoms with E-state index in [2.05, 4.69) is 4.98 Å². The first-order valence-electron chi connectivity index (χ1n) is 5.27. The molecule has 0 saturated heterocycles. The molecule has 0 fully saturated rings. The van der Waals surface area contributed by atoms with E-state index in [4.69, 9.17) is 11.6 Å². The fourth-order valence-electron chi connectivity index (χ4n) is 1.84. The molecule has 0 unspecified atom stereocenters. The van der Waals surface area contributed by atoms with Gasteiger partial charge in [-0.1, -0.05) is 18.5 Å². The molecule has 0 atom stereocenters. The molecule has 0 N–H and O–H groups in total. The Morgan fingerprint density at radius 3 is 2.76 bits per heavy atom. The number of hydrogen-bond donors (Lipinski definition) is 0. The van der Waals surface area contributed by atoms with Gasteiger partial charge in [0, 0.05) is 11.5 Å². The summed E-state index contributed by atoms with van der Waals surface area (Å²) in [6, 6.07) is 5.15. The molecule has 4 nitrogen and oxygen atoms in total. The van der Waals surface area contributed by atoms with Crippen molar-refractivity contribution < 1.29 is 4.92 Å². The second kappa shape index (κ2) is 4.30. The Morgan fingerprint density at radius 1 is 1.47 bits per heavy atom. The van der Waals surface area contributed by atoms with E-state index in [9.17, 15) is 10.1 Å². The lowest BCUT2D eigenvalue weighted by Gasteiger charge is -2.06. The molecule has 2 aromatic rings. The average Bonchev–Trinajstić information content (AvgIpc) is 2.29. The number of nitro groups is 1. The van der Waals surface area contributed by atoms with E-state index in [1.54, 1.807) is 13.0 Å². The van der Waals surface area contributed by atoms with Gasteiger partial charge in [-0.05, 0) is 31.0 Å². The number of pyridine rings is 1. The minimum absolute atomic E-state index is 0.0744. The Hall–Kier alpha value is -1.68. The Morgan fingerprint density at radius 2 is 2.18 bits per heavy atom. The lowest BCUT2D eigenvalue weighted by Crippen LogP contribution is -1.95. The molecule has 0 aliphatic rings. The lowest BCUT2D eigenvalue weighted by atomic mass is 10.1. The van der Waals surface area contributed by atoms with Crippen LogP contribution in [0.1, 0.15) is 18.1 Å². The third-order valence-corrected chi connectivity index (χ3v) is 3.14. The summed E-state index contributed by atoms with van der Waals surface area (Å²) in [5, 5.41) is 12.1. The highest BCUT2D eigenvalue weighted by Crippen LogP contribution is 2.28. The monoisotopic (exact) mass is 250 g/mol. The van der Waals surface area contributed by atoms with Crippen LogP contribution in [0.15, 0.2) is 18.2 Å². The molecule has 0 bridgehead atoms. The average molecular weight is 251 g/mol. The van der Waals surface area contributed by atoms with Crippen LogP contribution in [-0.2, 0) is 6.42 Å². The molecule has 88 valence electrons. The lowest BCUT2D eigenvalue weighted by molar-refractivity contribution is -0.385. The summed E-state index contributed by atoms with van der Waals surface area (Å²) in [6.07, 6.45) is 0.789. The zero-order chi connectivity index (χ0) is 12.6. The largest absolute Gasteiger partial charge is 0.274 e. The highest BCUT2D eigenvalue weighted by atomic mass is 35.5. The second-order valence-corrected chi connectivity index (χ2v) is 4.19. The third kappa shape index (κ3) is 1.96. The van der Waals surface area contributed by atoms with E-state index in [0.29, 0.717) is 16.2 Å². The molecule has 0 aliphatic heterocycles. The van der Waals surface area contributed by atoms with Crippen molar-refractivity contribution in [2.45, 2.75) is 20.3 Å². The number of halogens is 1. The number of aromatic nitrogens is 1. The van der Waals surface area contributed by atoms with Gasteiger partial charge in [0.25, 0.3) is 5.69 Å². The van der Waals surface area contributed by atoms with Crippen LogP contribution in [0, 0.1) is 17.0 Å². The van der Waals surface area contributed by atoms with Gasteiger partial charge in [-0.2, -0.15) is 0 Å². The summed E-state index contributed by atoms with van der Waals surface area (Å²) in [6.45, 7) is 3.68. The van der Waals surface area contributed by atoms with Crippen LogP contribution >= 0.6 is 11.6 Å². The van der Waals surface area contributed by atoms with Crippen LogP contribution in [0.3, 0.4) is 0 Å². The summed E-state index contributed by atoms with van der Waals surface area (Å²) in [5.74, 6) is 0. The quantitative estimate of drug-likeness (QED) is 0.464. The van der Waals surface area contributed by atoms with Gasteiger partial charge in [0.1, 0.15) is 5.15 Å². The number of rotatable bonds is 2. The zero-order valence-corrected chi connectivity index (χ0v) is 10.3. The van der Waals surface area contributed by atoms with Crippen LogP contribution in [0.5, 0.6) is 0 Å². The smallest absolute Gasteiger partial charge is 0.258 e. The maximum atomic E-state index is 10.8. The fourth-order valence-corrected chi connectivity index (χ4v) is 2.11. The Labute approximate surface area is 103 Å². The summed E-state index contributed by atoms with van der Waals surface area (Å²) in [5.41, 5.74) is 2.18. The van der Waals surface area contributed by atoms with Gasteiger partial charge in [-0.15, -0.1) is 0 Å². The van der Waals surface area contributed by atoms with Crippen LogP contribution in [0.2, 0.25) is 5.15 Å². The normalized spacial score (nSPS) is 10.8. The third-order valence-electron chi connectivity index (χ3n) is 2.82. The minimum Gasteiger partial charge on any atom is -0.258 e. The summed E-state index contributed by atoms with van der Waals surface area (Å²) in [4.78, 5) is 14.7. The minimum atomic E-state index is -0.405.